The highest BCUT2D eigenvalue weighted by Crippen LogP contribution is 2.29. The van der Waals surface area contributed by atoms with Crippen molar-refractivity contribution in [1.29, 1.82) is 0 Å². The highest BCUT2D eigenvalue weighted by atomic mass is 32.2. The molecule has 140 valence electrons. The Kier molecular flexibility index (Phi) is 5.33. The number of carbonyl (C=O) groups is 1. The maximum Gasteiger partial charge on any atom is 0.358 e. The fourth-order valence-electron chi connectivity index (χ4n) is 3.19. The highest BCUT2D eigenvalue weighted by molar-refractivity contribution is 7.88. The zero-order chi connectivity index (χ0) is 18.7. The van der Waals surface area contributed by atoms with Crippen molar-refractivity contribution < 1.29 is 22.7 Å². The molecule has 3 rings (SSSR count). The summed E-state index contributed by atoms with van der Waals surface area (Å²) in [6, 6.07) is 4.95. The fraction of sp³-hybridized carbons (Fsp3) is 0.438. The Morgan fingerprint density at radius 2 is 2.04 bits per heavy atom. The van der Waals surface area contributed by atoms with E-state index >= 15 is 0 Å². The van der Waals surface area contributed by atoms with Gasteiger partial charge < -0.3 is 5.11 Å². The van der Waals surface area contributed by atoms with Gasteiger partial charge in [-0.3, -0.25) is 0 Å². The lowest BCUT2D eigenvalue weighted by Gasteiger charge is -2.31. The van der Waals surface area contributed by atoms with E-state index in [4.69, 9.17) is 5.11 Å². The maximum atomic E-state index is 13.7. The van der Waals surface area contributed by atoms with Gasteiger partial charge in [0.1, 0.15) is 5.82 Å². The Morgan fingerprint density at radius 3 is 2.73 bits per heavy atom. The van der Waals surface area contributed by atoms with Gasteiger partial charge >= 0.3 is 5.97 Å². The van der Waals surface area contributed by atoms with E-state index in [0.29, 0.717) is 12.8 Å². The van der Waals surface area contributed by atoms with Crippen LogP contribution in [0.25, 0.3) is 0 Å². The molecule has 1 fully saturated rings. The van der Waals surface area contributed by atoms with E-state index in [2.05, 4.69) is 15.0 Å². The summed E-state index contributed by atoms with van der Waals surface area (Å²) in [5, 5.41) is 16.4. The van der Waals surface area contributed by atoms with Crippen molar-refractivity contribution in [1.82, 2.24) is 19.7 Å². The number of halogens is 1. The molecule has 10 heteroatoms. The molecule has 8 nitrogen and oxygen atoms in total. The molecule has 2 aromatic rings. The lowest BCUT2D eigenvalue weighted by Crippen LogP contribution is -2.43. The number of aromatic carboxylic acids is 1. The molecule has 1 aromatic carbocycles. The van der Waals surface area contributed by atoms with Gasteiger partial charge in [-0.05, 0) is 18.9 Å². The number of hydrogen-bond donors (Lipinski definition) is 2. The molecule has 1 aliphatic rings. The topological polar surface area (TPSA) is 114 Å². The number of sulfonamides is 1. The molecular weight excluding hydrogens is 363 g/mol. The third-order valence-electron chi connectivity index (χ3n) is 4.43. The van der Waals surface area contributed by atoms with E-state index in [1.54, 1.807) is 6.07 Å². The van der Waals surface area contributed by atoms with Gasteiger partial charge in [-0.25, -0.2) is 27.0 Å². The number of carboxylic acids is 1. The average molecular weight is 382 g/mol. The number of aromatic nitrogens is 3. The summed E-state index contributed by atoms with van der Waals surface area (Å²) < 4.78 is 42.8. The van der Waals surface area contributed by atoms with Gasteiger partial charge in [0.2, 0.25) is 10.0 Å². The van der Waals surface area contributed by atoms with Gasteiger partial charge in [-0.15, -0.1) is 5.10 Å². The minimum Gasteiger partial charge on any atom is -0.476 e. The summed E-state index contributed by atoms with van der Waals surface area (Å²) in [5.41, 5.74) is -0.0928. The first-order chi connectivity index (χ1) is 12.4. The summed E-state index contributed by atoms with van der Waals surface area (Å²) in [4.78, 5) is 11.0. The maximum absolute atomic E-state index is 13.7. The minimum atomic E-state index is -3.78. The van der Waals surface area contributed by atoms with E-state index < -0.39 is 33.6 Å². The molecule has 0 unspecified atom stereocenters. The molecule has 0 amide bonds. The Balaban J connectivity index is 1.77. The molecule has 0 bridgehead atoms. The molecule has 2 N–H and O–H groups in total. The van der Waals surface area contributed by atoms with E-state index in [1.165, 1.54) is 29.1 Å². The summed E-state index contributed by atoms with van der Waals surface area (Å²) in [7, 11) is -3.78. The van der Waals surface area contributed by atoms with Crippen LogP contribution in [0.5, 0.6) is 0 Å². The normalized spacial score (nSPS) is 20.8. The smallest absolute Gasteiger partial charge is 0.358 e. The standard InChI is InChI=1S/C16H19FN4O4S/c17-12-6-2-1-5-11(12)10-26(24,25)19-13-7-3-4-8-15(13)21-9-14(16(22)23)18-20-21/h1-2,5-6,9,13,15,19H,3-4,7-8,10H2,(H,22,23)/t13-,15+/m0/s1. The second-order valence-corrected chi connectivity index (χ2v) is 8.07. The van der Waals surface area contributed by atoms with E-state index in [1.807, 2.05) is 0 Å². The molecule has 1 aliphatic carbocycles. The second-order valence-electron chi connectivity index (χ2n) is 6.32. The number of nitrogens with zero attached hydrogens (tertiary/aromatic N) is 3. The molecule has 0 aliphatic heterocycles. The number of nitrogens with one attached hydrogen (secondary N) is 1. The van der Waals surface area contributed by atoms with Crippen LogP contribution in [0.4, 0.5) is 4.39 Å². The minimum absolute atomic E-state index is 0.0984. The number of hydrogen-bond acceptors (Lipinski definition) is 5. The van der Waals surface area contributed by atoms with Crippen molar-refractivity contribution in [3.63, 3.8) is 0 Å². The summed E-state index contributed by atoms with van der Waals surface area (Å²) in [5.74, 6) is -2.22. The summed E-state index contributed by atoms with van der Waals surface area (Å²) in [6.45, 7) is 0. The Labute approximate surface area is 150 Å². The predicted molar refractivity (Wildman–Crippen MR) is 90.4 cm³/mol. The van der Waals surface area contributed by atoms with E-state index in [9.17, 15) is 17.6 Å². The molecule has 1 heterocycles. The quantitative estimate of drug-likeness (QED) is 0.786. The Hall–Kier alpha value is -2.33. The summed E-state index contributed by atoms with van der Waals surface area (Å²) >= 11 is 0. The first kappa shape index (κ1) is 18.5. The van der Waals surface area contributed by atoms with Crippen molar-refractivity contribution in [3.05, 3.63) is 47.5 Å². The van der Waals surface area contributed by atoms with Crippen LogP contribution in [-0.2, 0) is 15.8 Å². The van der Waals surface area contributed by atoms with Crippen molar-refractivity contribution >= 4 is 16.0 Å². The molecule has 2 atom stereocenters. The van der Waals surface area contributed by atoms with Crippen LogP contribution in [-0.4, -0.2) is 40.5 Å². The Morgan fingerprint density at radius 1 is 1.31 bits per heavy atom. The molecule has 0 saturated heterocycles. The van der Waals surface area contributed by atoms with Crippen LogP contribution in [0.15, 0.2) is 30.5 Å². The lowest BCUT2D eigenvalue weighted by molar-refractivity contribution is 0.0690. The zero-order valence-electron chi connectivity index (χ0n) is 13.9. The van der Waals surface area contributed by atoms with Crippen LogP contribution in [0.3, 0.4) is 0 Å². The van der Waals surface area contributed by atoms with Gasteiger partial charge in [0, 0.05) is 11.6 Å². The van der Waals surface area contributed by atoms with Crippen molar-refractivity contribution in [2.75, 3.05) is 0 Å². The van der Waals surface area contributed by atoms with E-state index in [-0.39, 0.29) is 17.3 Å². The molecular formula is C16H19FN4O4S. The second kappa shape index (κ2) is 7.50. The van der Waals surface area contributed by atoms with Crippen LogP contribution >= 0.6 is 0 Å². The average Bonchev–Trinajstić information content (AvgIpc) is 3.07. The van der Waals surface area contributed by atoms with Crippen molar-refractivity contribution in [3.8, 4) is 0 Å². The van der Waals surface area contributed by atoms with Gasteiger partial charge in [0.15, 0.2) is 5.69 Å². The van der Waals surface area contributed by atoms with Crippen LogP contribution in [0.2, 0.25) is 0 Å². The molecule has 1 aromatic heterocycles. The first-order valence-electron chi connectivity index (χ1n) is 8.24. The SMILES string of the molecule is O=C(O)c1cn([C@@H]2CCCC[C@@H]2NS(=O)(=O)Cc2ccccc2F)nn1. The lowest BCUT2D eigenvalue weighted by atomic mass is 9.91. The third-order valence-corrected chi connectivity index (χ3v) is 5.79. The molecule has 0 spiro atoms. The van der Waals surface area contributed by atoms with Crippen molar-refractivity contribution in [2.45, 2.75) is 43.5 Å². The summed E-state index contributed by atoms with van der Waals surface area (Å²) in [6.07, 6.45) is 4.25. The number of carboxylic acid groups (broad SMARTS) is 1. The largest absolute Gasteiger partial charge is 0.476 e. The first-order valence-corrected chi connectivity index (χ1v) is 9.89. The van der Waals surface area contributed by atoms with Gasteiger partial charge in [-0.2, -0.15) is 0 Å². The number of rotatable bonds is 6. The zero-order valence-corrected chi connectivity index (χ0v) is 14.7. The third kappa shape index (κ3) is 4.25. The van der Waals surface area contributed by atoms with Crippen molar-refractivity contribution in [2.24, 2.45) is 0 Å². The number of benzene rings is 1. The molecule has 1 saturated carbocycles. The molecule has 0 radical (unpaired) electrons. The van der Waals surface area contributed by atoms with Gasteiger partial charge in [-0.1, -0.05) is 36.3 Å². The monoisotopic (exact) mass is 382 g/mol. The van der Waals surface area contributed by atoms with Crippen LogP contribution < -0.4 is 4.72 Å². The van der Waals surface area contributed by atoms with Crippen LogP contribution in [0.1, 0.15) is 47.8 Å². The molecule has 26 heavy (non-hydrogen) atoms. The predicted octanol–water partition coefficient (Wildman–Crippen LogP) is 1.72. The Bertz CT molecular complexity index is 899. The highest BCUT2D eigenvalue weighted by Gasteiger charge is 2.31. The van der Waals surface area contributed by atoms with Gasteiger partial charge in [0.25, 0.3) is 0 Å². The fourth-order valence-corrected chi connectivity index (χ4v) is 4.66. The van der Waals surface area contributed by atoms with E-state index in [0.717, 1.165) is 12.8 Å². The van der Waals surface area contributed by atoms with Crippen LogP contribution in [0, 0.1) is 5.82 Å². The van der Waals surface area contributed by atoms with Gasteiger partial charge in [0.05, 0.1) is 18.0 Å².